The number of amides is 2. The van der Waals surface area contributed by atoms with Gasteiger partial charge in [0, 0.05) is 31.7 Å². The summed E-state index contributed by atoms with van der Waals surface area (Å²) in [5.74, 6) is 0.610. The fourth-order valence-corrected chi connectivity index (χ4v) is 4.28. The van der Waals surface area contributed by atoms with E-state index in [0.717, 1.165) is 25.7 Å². The monoisotopic (exact) mass is 383 g/mol. The molecule has 7 heteroatoms. The lowest BCUT2D eigenvalue weighted by atomic mass is 9.82. The Bertz CT molecular complexity index is 447. The number of methoxy groups -OCH3 is 1. The van der Waals surface area contributed by atoms with E-state index >= 15 is 0 Å². The Hall–Kier alpha value is -1.18. The van der Waals surface area contributed by atoms with Crippen LogP contribution in [0.2, 0.25) is 0 Å². The van der Waals surface area contributed by atoms with Crippen LogP contribution < -0.4 is 16.4 Å². The van der Waals surface area contributed by atoms with Crippen molar-refractivity contribution in [2.45, 2.75) is 69.9 Å². The molecular weight excluding hydrogens is 346 g/mol. The molecular formula is C20H37N3O4. The van der Waals surface area contributed by atoms with Crippen LogP contribution in [0, 0.1) is 11.8 Å². The first-order valence-corrected chi connectivity index (χ1v) is 10.5. The van der Waals surface area contributed by atoms with Gasteiger partial charge in [0.25, 0.3) is 0 Å². The largest absolute Gasteiger partial charge is 0.382 e. The van der Waals surface area contributed by atoms with E-state index in [1.807, 2.05) is 0 Å². The molecule has 0 aromatic carbocycles. The number of rotatable bonds is 10. The minimum absolute atomic E-state index is 0.0359. The number of nitrogens with one attached hydrogen (secondary N) is 2. The second-order valence-electron chi connectivity index (χ2n) is 7.91. The quantitative estimate of drug-likeness (QED) is 0.494. The Labute approximate surface area is 163 Å². The maximum Gasteiger partial charge on any atom is 0.246 e. The van der Waals surface area contributed by atoms with Crippen LogP contribution in [0.5, 0.6) is 0 Å². The summed E-state index contributed by atoms with van der Waals surface area (Å²) in [5.41, 5.74) is 5.94. The highest BCUT2D eigenvalue weighted by Crippen LogP contribution is 2.28. The van der Waals surface area contributed by atoms with Gasteiger partial charge in [-0.3, -0.25) is 9.59 Å². The van der Waals surface area contributed by atoms with Crippen molar-refractivity contribution in [1.82, 2.24) is 10.6 Å². The predicted octanol–water partition coefficient (Wildman–Crippen LogP) is 1.35. The normalized spacial score (nSPS) is 25.0. The standard InChI is InChI=1S/C20H37N3O4/c1-26-11-12-27-14-19(24)22-17-9-7-16(8-10-17)20(25)23-18(13-21)15-5-3-2-4-6-15/h15-18H,2-14,21H2,1H3,(H,22,24)(H,23,25). The Balaban J connectivity index is 1.66. The summed E-state index contributed by atoms with van der Waals surface area (Å²) in [5, 5.41) is 6.22. The topological polar surface area (TPSA) is 103 Å². The van der Waals surface area contributed by atoms with Crippen LogP contribution in [0.15, 0.2) is 0 Å². The summed E-state index contributed by atoms with van der Waals surface area (Å²) in [6.45, 7) is 1.48. The molecule has 2 rings (SSSR count). The van der Waals surface area contributed by atoms with Gasteiger partial charge in [0.05, 0.1) is 13.2 Å². The Morgan fingerprint density at radius 1 is 1.04 bits per heavy atom. The predicted molar refractivity (Wildman–Crippen MR) is 104 cm³/mol. The van der Waals surface area contributed by atoms with Crippen molar-refractivity contribution in [3.05, 3.63) is 0 Å². The van der Waals surface area contributed by atoms with Crippen molar-refractivity contribution < 1.29 is 19.1 Å². The van der Waals surface area contributed by atoms with Gasteiger partial charge >= 0.3 is 0 Å². The molecule has 7 nitrogen and oxygen atoms in total. The molecule has 2 aliphatic rings. The molecule has 0 saturated heterocycles. The molecule has 2 aliphatic carbocycles. The number of carbonyl (C=O) groups is 2. The summed E-state index contributed by atoms with van der Waals surface area (Å²) in [4.78, 5) is 24.5. The van der Waals surface area contributed by atoms with E-state index < -0.39 is 0 Å². The molecule has 2 amide bonds. The molecule has 0 bridgehead atoms. The van der Waals surface area contributed by atoms with Gasteiger partial charge in [0.15, 0.2) is 0 Å². The van der Waals surface area contributed by atoms with Crippen molar-refractivity contribution in [3.63, 3.8) is 0 Å². The zero-order valence-corrected chi connectivity index (χ0v) is 16.7. The number of ether oxygens (including phenoxy) is 2. The van der Waals surface area contributed by atoms with E-state index in [-0.39, 0.29) is 36.4 Å². The SMILES string of the molecule is COCCOCC(=O)NC1CCC(C(=O)NC(CN)C2CCCCC2)CC1. The van der Waals surface area contributed by atoms with Crippen LogP contribution in [-0.4, -0.2) is 57.4 Å². The third-order valence-corrected chi connectivity index (χ3v) is 5.93. The highest BCUT2D eigenvalue weighted by atomic mass is 16.5. The summed E-state index contributed by atoms with van der Waals surface area (Å²) in [6.07, 6.45) is 9.42. The van der Waals surface area contributed by atoms with E-state index in [2.05, 4.69) is 10.6 Å². The Morgan fingerprint density at radius 2 is 1.74 bits per heavy atom. The fourth-order valence-electron chi connectivity index (χ4n) is 4.28. The van der Waals surface area contributed by atoms with E-state index in [9.17, 15) is 9.59 Å². The molecule has 27 heavy (non-hydrogen) atoms. The number of carbonyl (C=O) groups excluding carboxylic acids is 2. The maximum absolute atomic E-state index is 12.7. The van der Waals surface area contributed by atoms with Crippen LogP contribution in [0.3, 0.4) is 0 Å². The van der Waals surface area contributed by atoms with Gasteiger partial charge in [0.2, 0.25) is 11.8 Å². The van der Waals surface area contributed by atoms with Crippen molar-refractivity contribution in [2.24, 2.45) is 17.6 Å². The van der Waals surface area contributed by atoms with Crippen LogP contribution in [-0.2, 0) is 19.1 Å². The molecule has 0 radical (unpaired) electrons. The van der Waals surface area contributed by atoms with E-state index in [1.165, 1.54) is 32.1 Å². The third kappa shape index (κ3) is 7.76. The maximum atomic E-state index is 12.7. The van der Waals surface area contributed by atoms with E-state index in [1.54, 1.807) is 7.11 Å². The molecule has 0 aromatic heterocycles. The molecule has 156 valence electrons. The summed E-state index contributed by atoms with van der Waals surface area (Å²) >= 11 is 0. The molecule has 0 heterocycles. The fraction of sp³-hybridized carbons (Fsp3) is 0.900. The molecule has 1 unspecified atom stereocenters. The van der Waals surface area contributed by atoms with Crippen LogP contribution in [0.25, 0.3) is 0 Å². The van der Waals surface area contributed by atoms with Crippen molar-refractivity contribution >= 4 is 11.8 Å². The average Bonchev–Trinajstić information content (AvgIpc) is 2.70. The van der Waals surface area contributed by atoms with Gasteiger partial charge in [-0.15, -0.1) is 0 Å². The summed E-state index contributed by atoms with van der Waals surface area (Å²) in [7, 11) is 1.60. The molecule has 2 saturated carbocycles. The van der Waals surface area contributed by atoms with Crippen molar-refractivity contribution in [2.75, 3.05) is 33.5 Å². The van der Waals surface area contributed by atoms with E-state index in [0.29, 0.717) is 25.7 Å². The van der Waals surface area contributed by atoms with Gasteiger partial charge in [-0.2, -0.15) is 0 Å². The van der Waals surface area contributed by atoms with Crippen molar-refractivity contribution in [1.29, 1.82) is 0 Å². The second kappa shape index (κ2) is 12.3. The lowest BCUT2D eigenvalue weighted by Gasteiger charge is -2.33. The van der Waals surface area contributed by atoms with Gasteiger partial charge in [-0.1, -0.05) is 19.3 Å². The van der Waals surface area contributed by atoms with Crippen molar-refractivity contribution in [3.8, 4) is 0 Å². The number of hydrogen-bond acceptors (Lipinski definition) is 5. The zero-order valence-electron chi connectivity index (χ0n) is 16.7. The third-order valence-electron chi connectivity index (χ3n) is 5.93. The molecule has 2 fully saturated rings. The Kier molecular flexibility index (Phi) is 10.1. The lowest BCUT2D eigenvalue weighted by molar-refractivity contribution is -0.128. The van der Waals surface area contributed by atoms with Crippen LogP contribution in [0.4, 0.5) is 0 Å². The molecule has 0 aliphatic heterocycles. The summed E-state index contributed by atoms with van der Waals surface area (Å²) < 4.78 is 10.1. The molecule has 1 atom stereocenters. The van der Waals surface area contributed by atoms with E-state index in [4.69, 9.17) is 15.2 Å². The minimum Gasteiger partial charge on any atom is -0.382 e. The average molecular weight is 384 g/mol. The highest BCUT2D eigenvalue weighted by Gasteiger charge is 2.30. The number of nitrogens with two attached hydrogens (primary N) is 1. The smallest absolute Gasteiger partial charge is 0.246 e. The van der Waals surface area contributed by atoms with Crippen LogP contribution in [0.1, 0.15) is 57.8 Å². The first-order valence-electron chi connectivity index (χ1n) is 10.5. The second-order valence-corrected chi connectivity index (χ2v) is 7.91. The first kappa shape index (κ1) is 22.1. The van der Waals surface area contributed by atoms with Gasteiger partial charge in [-0.05, 0) is 44.4 Å². The molecule has 0 spiro atoms. The number of hydrogen-bond donors (Lipinski definition) is 3. The molecule has 0 aromatic rings. The van der Waals surface area contributed by atoms with Crippen LogP contribution >= 0.6 is 0 Å². The zero-order chi connectivity index (χ0) is 19.5. The highest BCUT2D eigenvalue weighted by molar-refractivity contribution is 5.79. The first-order chi connectivity index (χ1) is 13.1. The Morgan fingerprint density at radius 3 is 2.37 bits per heavy atom. The lowest BCUT2D eigenvalue weighted by Crippen LogP contribution is -2.49. The summed E-state index contributed by atoms with van der Waals surface area (Å²) in [6, 6.07) is 0.246. The van der Waals surface area contributed by atoms with Gasteiger partial charge in [-0.25, -0.2) is 0 Å². The molecule has 4 N–H and O–H groups in total. The van der Waals surface area contributed by atoms with Gasteiger partial charge < -0.3 is 25.8 Å². The van der Waals surface area contributed by atoms with Gasteiger partial charge in [0.1, 0.15) is 6.61 Å². The minimum atomic E-state index is -0.0977.